The van der Waals surface area contributed by atoms with Crippen LogP contribution in [0.1, 0.15) is 19.3 Å². The van der Waals surface area contributed by atoms with Gasteiger partial charge < -0.3 is 22.3 Å². The Morgan fingerprint density at radius 3 is 2.21 bits per heavy atom. The second-order valence-corrected chi connectivity index (χ2v) is 12.2. The predicted molar refractivity (Wildman–Crippen MR) is 80.4 cm³/mol. The lowest BCUT2D eigenvalue weighted by molar-refractivity contribution is 0.122. The van der Waals surface area contributed by atoms with Crippen molar-refractivity contribution in [3.63, 3.8) is 0 Å². The summed E-state index contributed by atoms with van der Waals surface area (Å²) in [5, 5.41) is 0. The van der Waals surface area contributed by atoms with Crippen LogP contribution in [0.25, 0.3) is 0 Å². The number of nitrogens with zero attached hydrogens (tertiary/aromatic N) is 1. The molecular weight excluding hydrogens is 278 g/mol. The fourth-order valence-electron chi connectivity index (χ4n) is 2.77. The molecule has 19 heavy (non-hydrogen) atoms. The van der Waals surface area contributed by atoms with Gasteiger partial charge >= 0.3 is 8.80 Å². The van der Waals surface area contributed by atoms with Crippen molar-refractivity contribution in [2.24, 2.45) is 0 Å². The third kappa shape index (κ3) is 4.35. The molecule has 5 nitrogen and oxygen atoms in total. The Labute approximate surface area is 119 Å². The van der Waals surface area contributed by atoms with Gasteiger partial charge in [0, 0.05) is 34.5 Å². The lowest BCUT2D eigenvalue weighted by Gasteiger charge is -2.41. The lowest BCUT2D eigenvalue weighted by Crippen LogP contribution is -2.56. The molecule has 1 fully saturated rings. The molecule has 7 heteroatoms. The van der Waals surface area contributed by atoms with Crippen molar-refractivity contribution in [3.05, 3.63) is 0 Å². The number of rotatable bonds is 8. The molecule has 0 amide bonds. The molecule has 0 radical (unpaired) electrons. The fourth-order valence-corrected chi connectivity index (χ4v) is 7.42. The Morgan fingerprint density at radius 2 is 1.68 bits per heavy atom. The van der Waals surface area contributed by atoms with Crippen molar-refractivity contribution in [2.45, 2.75) is 37.9 Å². The molecule has 1 aliphatic heterocycles. The van der Waals surface area contributed by atoms with E-state index >= 15 is 0 Å². The standard InChI is InChI=1S/C12H29NO4Si2/c1-14-18(5)11-7-6-9-13(18)10-8-12-19(15-2,16-3)17-4/h6-12H2,1-5H3. The third-order valence-electron chi connectivity index (χ3n) is 4.27. The van der Waals surface area contributed by atoms with Gasteiger partial charge in [0.25, 0.3) is 8.48 Å². The van der Waals surface area contributed by atoms with Crippen molar-refractivity contribution < 1.29 is 17.7 Å². The van der Waals surface area contributed by atoms with Gasteiger partial charge in [-0.15, -0.1) is 0 Å². The van der Waals surface area contributed by atoms with Crippen molar-refractivity contribution in [2.75, 3.05) is 41.5 Å². The molecule has 1 unspecified atom stereocenters. The number of hydrogen-bond acceptors (Lipinski definition) is 5. The first-order valence-corrected chi connectivity index (χ1v) is 11.5. The van der Waals surface area contributed by atoms with Gasteiger partial charge in [-0.25, -0.2) is 0 Å². The lowest BCUT2D eigenvalue weighted by atomic mass is 10.3. The molecule has 0 aromatic heterocycles. The molecule has 0 aromatic carbocycles. The molecule has 1 atom stereocenters. The smallest absolute Gasteiger partial charge is 0.406 e. The normalized spacial score (nSPS) is 25.7. The molecule has 1 rings (SSSR count). The van der Waals surface area contributed by atoms with Crippen LogP contribution in [0.4, 0.5) is 0 Å². The minimum Gasteiger partial charge on any atom is -0.406 e. The van der Waals surface area contributed by atoms with Crippen molar-refractivity contribution in [1.29, 1.82) is 0 Å². The monoisotopic (exact) mass is 307 g/mol. The fraction of sp³-hybridized carbons (Fsp3) is 1.00. The number of hydrogen-bond donors (Lipinski definition) is 0. The third-order valence-corrected chi connectivity index (χ3v) is 11.0. The highest BCUT2D eigenvalue weighted by molar-refractivity contribution is 6.69. The maximum Gasteiger partial charge on any atom is 0.500 e. The van der Waals surface area contributed by atoms with E-state index in [9.17, 15) is 0 Å². The van der Waals surface area contributed by atoms with Gasteiger partial charge in [0.05, 0.1) is 0 Å². The van der Waals surface area contributed by atoms with Crippen molar-refractivity contribution >= 4 is 17.3 Å². The Hall–Kier alpha value is 0.234. The van der Waals surface area contributed by atoms with E-state index in [1.54, 1.807) is 21.3 Å². The van der Waals surface area contributed by atoms with Gasteiger partial charge in [-0.2, -0.15) is 0 Å². The highest BCUT2D eigenvalue weighted by Crippen LogP contribution is 2.26. The highest BCUT2D eigenvalue weighted by atomic mass is 28.4. The van der Waals surface area contributed by atoms with Crippen LogP contribution in [0, 0.1) is 0 Å². The van der Waals surface area contributed by atoms with E-state index in [4.69, 9.17) is 17.7 Å². The topological polar surface area (TPSA) is 40.2 Å². The molecule has 114 valence electrons. The van der Waals surface area contributed by atoms with Crippen LogP contribution in [-0.2, 0) is 17.7 Å². The Bertz CT molecular complexity index is 258. The summed E-state index contributed by atoms with van der Waals surface area (Å²) in [6, 6.07) is 2.10. The Morgan fingerprint density at radius 1 is 1.05 bits per heavy atom. The van der Waals surface area contributed by atoms with Crippen molar-refractivity contribution in [3.8, 4) is 0 Å². The summed E-state index contributed by atoms with van der Waals surface area (Å²) in [6.45, 7) is 4.54. The predicted octanol–water partition coefficient (Wildman–Crippen LogP) is 2.07. The van der Waals surface area contributed by atoms with Gasteiger partial charge in [0.1, 0.15) is 0 Å². The van der Waals surface area contributed by atoms with Gasteiger partial charge in [-0.3, -0.25) is 0 Å². The summed E-state index contributed by atoms with van der Waals surface area (Å²) >= 11 is 0. The van der Waals surface area contributed by atoms with Crippen LogP contribution in [0.15, 0.2) is 0 Å². The molecule has 0 bridgehead atoms. The summed E-state index contributed by atoms with van der Waals surface area (Å²) in [7, 11) is 2.84. The maximum absolute atomic E-state index is 5.84. The minimum absolute atomic E-state index is 0.862. The summed E-state index contributed by atoms with van der Waals surface area (Å²) in [6.07, 6.45) is 3.63. The first-order valence-electron chi connectivity index (χ1n) is 7.01. The Kier molecular flexibility index (Phi) is 7.16. The average Bonchev–Trinajstić information content (AvgIpc) is 2.46. The van der Waals surface area contributed by atoms with Crippen LogP contribution in [-0.4, -0.2) is 63.4 Å². The molecule has 1 heterocycles. The van der Waals surface area contributed by atoms with Crippen LogP contribution >= 0.6 is 0 Å². The van der Waals surface area contributed by atoms with E-state index in [2.05, 4.69) is 11.1 Å². The first-order chi connectivity index (χ1) is 9.05. The molecule has 0 N–H and O–H groups in total. The van der Waals surface area contributed by atoms with Gasteiger partial charge in [-0.1, -0.05) is 6.42 Å². The van der Waals surface area contributed by atoms with E-state index in [0.29, 0.717) is 0 Å². The minimum atomic E-state index is -2.41. The van der Waals surface area contributed by atoms with E-state index in [0.717, 1.165) is 25.6 Å². The zero-order chi connectivity index (χ0) is 14.4. The van der Waals surface area contributed by atoms with Crippen LogP contribution in [0.5, 0.6) is 0 Å². The summed E-state index contributed by atoms with van der Waals surface area (Å²) in [4.78, 5) is 0. The molecule has 1 aliphatic rings. The van der Waals surface area contributed by atoms with Crippen LogP contribution < -0.4 is 0 Å². The molecule has 0 saturated carbocycles. The van der Waals surface area contributed by atoms with Gasteiger partial charge in [-0.05, 0) is 38.5 Å². The molecule has 0 aliphatic carbocycles. The second-order valence-electron chi connectivity index (χ2n) is 5.22. The van der Waals surface area contributed by atoms with E-state index in [1.807, 2.05) is 7.11 Å². The first kappa shape index (κ1) is 17.3. The van der Waals surface area contributed by atoms with Gasteiger partial charge in [0.15, 0.2) is 0 Å². The maximum atomic E-state index is 5.84. The summed E-state index contributed by atoms with van der Waals surface area (Å²) in [5.74, 6) is 0. The molecule has 0 aromatic rings. The second kappa shape index (κ2) is 7.87. The van der Waals surface area contributed by atoms with Gasteiger partial charge in [0.2, 0.25) is 0 Å². The summed E-state index contributed by atoms with van der Waals surface area (Å²) in [5.41, 5.74) is 0. The van der Waals surface area contributed by atoms with Crippen molar-refractivity contribution in [1.82, 2.24) is 4.57 Å². The SMILES string of the molecule is CO[Si](CCCN1CCCC[Si]1(C)OC)(OC)OC. The quantitative estimate of drug-likeness (QED) is 0.642. The molecule has 1 saturated heterocycles. The highest BCUT2D eigenvalue weighted by Gasteiger charge is 2.40. The van der Waals surface area contributed by atoms with E-state index < -0.39 is 17.3 Å². The van der Waals surface area contributed by atoms with Crippen LogP contribution in [0.2, 0.25) is 18.6 Å². The van der Waals surface area contributed by atoms with Crippen LogP contribution in [0.3, 0.4) is 0 Å². The van der Waals surface area contributed by atoms with E-state index in [-0.39, 0.29) is 0 Å². The zero-order valence-electron chi connectivity index (χ0n) is 13.0. The zero-order valence-corrected chi connectivity index (χ0v) is 15.0. The van der Waals surface area contributed by atoms with E-state index in [1.165, 1.54) is 18.9 Å². The average molecular weight is 308 g/mol. The molecular formula is C12H29NO4Si2. The largest absolute Gasteiger partial charge is 0.500 e. The molecule has 0 spiro atoms. The Balaban J connectivity index is 2.46. The summed E-state index contributed by atoms with van der Waals surface area (Å²) < 4.78 is 24.8.